The van der Waals surface area contributed by atoms with Gasteiger partial charge in [-0.2, -0.15) is 0 Å². The molecule has 0 fully saturated rings. The van der Waals surface area contributed by atoms with Crippen LogP contribution in [0, 0.1) is 0 Å². The number of furan rings is 3. The van der Waals surface area contributed by atoms with Gasteiger partial charge in [-0.15, -0.1) is 0 Å². The van der Waals surface area contributed by atoms with Crippen molar-refractivity contribution >= 4 is 18.9 Å². The second-order valence-electron chi connectivity index (χ2n) is 5.76. The van der Waals surface area contributed by atoms with E-state index in [0.717, 1.165) is 0 Å². The van der Waals surface area contributed by atoms with Crippen molar-refractivity contribution in [2.24, 2.45) is 0 Å². The van der Waals surface area contributed by atoms with Gasteiger partial charge in [0, 0.05) is 16.7 Å². The molecule has 6 heteroatoms. The maximum absolute atomic E-state index is 10.9. The molecule has 0 spiro atoms. The zero-order chi connectivity index (χ0) is 18.8. The van der Waals surface area contributed by atoms with Gasteiger partial charge in [0.05, 0.1) is 0 Å². The van der Waals surface area contributed by atoms with Gasteiger partial charge in [-0.25, -0.2) is 0 Å². The van der Waals surface area contributed by atoms with Crippen LogP contribution in [0.2, 0.25) is 0 Å². The topological polar surface area (TPSA) is 90.6 Å². The number of rotatable bonds is 6. The number of hydrogen-bond donors (Lipinski definition) is 0. The van der Waals surface area contributed by atoms with Crippen LogP contribution in [0.25, 0.3) is 34.0 Å². The molecule has 4 rings (SSSR count). The summed E-state index contributed by atoms with van der Waals surface area (Å²) in [4.78, 5) is 32.7. The molecule has 0 N–H and O–H groups in total. The lowest BCUT2D eigenvalue weighted by Gasteiger charge is -2.06. The van der Waals surface area contributed by atoms with Crippen molar-refractivity contribution < 1.29 is 27.6 Å². The molecule has 1 aromatic carbocycles. The summed E-state index contributed by atoms with van der Waals surface area (Å²) in [5.74, 6) is 2.09. The van der Waals surface area contributed by atoms with Gasteiger partial charge in [0.15, 0.2) is 36.1 Å². The lowest BCUT2D eigenvalue weighted by atomic mass is 10.0. The van der Waals surface area contributed by atoms with E-state index in [0.29, 0.717) is 52.8 Å². The molecule has 0 atom stereocenters. The third-order valence-corrected chi connectivity index (χ3v) is 4.02. The number of aldehydes is 3. The predicted octanol–water partition coefficient (Wildman–Crippen LogP) is 4.90. The maximum Gasteiger partial charge on any atom is 0.185 e. The third-order valence-electron chi connectivity index (χ3n) is 4.02. The summed E-state index contributed by atoms with van der Waals surface area (Å²) >= 11 is 0. The summed E-state index contributed by atoms with van der Waals surface area (Å²) in [6.45, 7) is 0. The Morgan fingerprint density at radius 2 is 0.778 bits per heavy atom. The minimum absolute atomic E-state index is 0.208. The Balaban J connectivity index is 1.88. The average Bonchev–Trinajstić information content (AvgIpc) is 3.47. The van der Waals surface area contributed by atoms with E-state index in [1.54, 1.807) is 36.4 Å². The fourth-order valence-electron chi connectivity index (χ4n) is 2.77. The van der Waals surface area contributed by atoms with Gasteiger partial charge in [-0.3, -0.25) is 14.4 Å². The molecule has 3 heterocycles. The molecule has 4 aromatic rings. The zero-order valence-electron chi connectivity index (χ0n) is 13.9. The highest BCUT2D eigenvalue weighted by molar-refractivity contribution is 5.80. The molecule has 0 aliphatic rings. The van der Waals surface area contributed by atoms with Crippen LogP contribution in [0.4, 0.5) is 0 Å². The van der Waals surface area contributed by atoms with Gasteiger partial charge in [0.1, 0.15) is 17.3 Å². The Bertz CT molecular complexity index is 985. The number of hydrogen-bond acceptors (Lipinski definition) is 6. The molecule has 6 nitrogen and oxygen atoms in total. The first-order valence-corrected chi connectivity index (χ1v) is 8.01. The van der Waals surface area contributed by atoms with Crippen molar-refractivity contribution in [2.45, 2.75) is 0 Å². The lowest BCUT2D eigenvalue weighted by molar-refractivity contribution is 0.109. The van der Waals surface area contributed by atoms with Crippen LogP contribution in [0.1, 0.15) is 31.7 Å². The van der Waals surface area contributed by atoms with Crippen molar-refractivity contribution in [1.29, 1.82) is 0 Å². The maximum atomic E-state index is 10.9. The lowest BCUT2D eigenvalue weighted by Crippen LogP contribution is -1.83. The highest BCUT2D eigenvalue weighted by atomic mass is 16.4. The molecule has 0 bridgehead atoms. The van der Waals surface area contributed by atoms with E-state index in [1.165, 1.54) is 0 Å². The van der Waals surface area contributed by atoms with Gasteiger partial charge in [-0.05, 0) is 54.6 Å². The van der Waals surface area contributed by atoms with Gasteiger partial charge in [-0.1, -0.05) is 0 Å². The standard InChI is InChI=1S/C21H12O6/c22-10-16-1-4-19(25-16)13-7-14(20-5-2-17(11-23)26-20)9-15(8-13)21-6-3-18(12-24)27-21/h1-12H. The van der Waals surface area contributed by atoms with Crippen molar-refractivity contribution in [3.05, 3.63) is 71.9 Å². The van der Waals surface area contributed by atoms with Crippen molar-refractivity contribution in [1.82, 2.24) is 0 Å². The smallest absolute Gasteiger partial charge is 0.185 e. The van der Waals surface area contributed by atoms with E-state index < -0.39 is 0 Å². The van der Waals surface area contributed by atoms with Crippen LogP contribution in [0.15, 0.2) is 67.8 Å². The average molecular weight is 360 g/mol. The quantitative estimate of drug-likeness (QED) is 0.454. The minimum atomic E-state index is 0.208. The Morgan fingerprint density at radius 3 is 1.00 bits per heavy atom. The number of carbonyl (C=O) groups is 3. The van der Waals surface area contributed by atoms with Gasteiger partial charge >= 0.3 is 0 Å². The summed E-state index contributed by atoms with van der Waals surface area (Å²) in [6.07, 6.45) is 1.88. The molecule has 0 amide bonds. The molecule has 0 unspecified atom stereocenters. The Morgan fingerprint density at radius 1 is 0.481 bits per heavy atom. The minimum Gasteiger partial charge on any atom is -0.453 e. The van der Waals surface area contributed by atoms with Crippen molar-refractivity contribution in [3.8, 4) is 34.0 Å². The van der Waals surface area contributed by atoms with Gasteiger partial charge in [0.2, 0.25) is 0 Å². The fourth-order valence-corrected chi connectivity index (χ4v) is 2.77. The fraction of sp³-hybridized carbons (Fsp3) is 0. The van der Waals surface area contributed by atoms with E-state index in [9.17, 15) is 14.4 Å². The van der Waals surface area contributed by atoms with E-state index in [4.69, 9.17) is 13.3 Å². The first-order valence-electron chi connectivity index (χ1n) is 8.01. The monoisotopic (exact) mass is 360 g/mol. The highest BCUT2D eigenvalue weighted by Gasteiger charge is 2.14. The molecular weight excluding hydrogens is 348 g/mol. The third kappa shape index (κ3) is 3.16. The van der Waals surface area contributed by atoms with Crippen molar-refractivity contribution in [2.75, 3.05) is 0 Å². The molecule has 27 heavy (non-hydrogen) atoms. The SMILES string of the molecule is O=Cc1ccc(-c2cc(-c3ccc(C=O)o3)cc(-c3ccc(C=O)o3)c2)o1. The summed E-state index contributed by atoms with van der Waals surface area (Å²) in [5, 5.41) is 0. The summed E-state index contributed by atoms with van der Waals surface area (Å²) < 4.78 is 16.5. The molecule has 0 saturated heterocycles. The summed E-state index contributed by atoms with van der Waals surface area (Å²) in [6, 6.07) is 15.2. The van der Waals surface area contributed by atoms with Gasteiger partial charge < -0.3 is 13.3 Å². The largest absolute Gasteiger partial charge is 0.453 e. The van der Waals surface area contributed by atoms with Crippen LogP contribution in [-0.2, 0) is 0 Å². The van der Waals surface area contributed by atoms with E-state index in [-0.39, 0.29) is 17.3 Å². The normalized spacial score (nSPS) is 10.7. The zero-order valence-corrected chi connectivity index (χ0v) is 13.9. The molecule has 132 valence electrons. The van der Waals surface area contributed by atoms with Crippen LogP contribution in [0.5, 0.6) is 0 Å². The number of benzene rings is 1. The Kier molecular flexibility index (Phi) is 4.14. The van der Waals surface area contributed by atoms with Crippen molar-refractivity contribution in [3.63, 3.8) is 0 Å². The Labute approximate surface area is 153 Å². The summed E-state index contributed by atoms with van der Waals surface area (Å²) in [5.41, 5.74) is 2.05. The molecule has 0 saturated carbocycles. The summed E-state index contributed by atoms with van der Waals surface area (Å²) in [7, 11) is 0. The molecule has 0 radical (unpaired) electrons. The van der Waals surface area contributed by atoms with E-state index in [1.807, 2.05) is 18.2 Å². The molecule has 0 aliphatic carbocycles. The van der Waals surface area contributed by atoms with E-state index in [2.05, 4.69) is 0 Å². The van der Waals surface area contributed by atoms with Crippen LogP contribution >= 0.6 is 0 Å². The number of carbonyl (C=O) groups excluding carboxylic acids is 3. The van der Waals surface area contributed by atoms with Crippen LogP contribution in [-0.4, -0.2) is 18.9 Å². The first kappa shape index (κ1) is 16.5. The van der Waals surface area contributed by atoms with Crippen LogP contribution in [0.3, 0.4) is 0 Å². The second kappa shape index (κ2) is 6.76. The van der Waals surface area contributed by atoms with E-state index >= 15 is 0 Å². The molecule has 3 aromatic heterocycles. The first-order chi connectivity index (χ1) is 13.2. The molecule has 0 aliphatic heterocycles. The Hall–Kier alpha value is -3.93. The van der Waals surface area contributed by atoms with Crippen LogP contribution < -0.4 is 0 Å². The highest BCUT2D eigenvalue weighted by Crippen LogP contribution is 2.34. The predicted molar refractivity (Wildman–Crippen MR) is 95.7 cm³/mol. The molecular formula is C21H12O6. The second-order valence-corrected chi connectivity index (χ2v) is 5.76. The van der Waals surface area contributed by atoms with Gasteiger partial charge in [0.25, 0.3) is 0 Å².